The minimum atomic E-state index is -0.120. The van der Waals surface area contributed by atoms with E-state index in [0.717, 1.165) is 44.4 Å². The monoisotopic (exact) mass is 627 g/mol. The van der Waals surface area contributed by atoms with E-state index >= 15 is 0 Å². The highest BCUT2D eigenvalue weighted by Gasteiger charge is 2.36. The van der Waals surface area contributed by atoms with E-state index in [-0.39, 0.29) is 5.41 Å². The van der Waals surface area contributed by atoms with Gasteiger partial charge < -0.3 is 9.32 Å². The summed E-state index contributed by atoms with van der Waals surface area (Å²) in [7, 11) is 0. The Morgan fingerprint density at radius 3 is 2.02 bits per heavy atom. The Labute approximate surface area is 285 Å². The molecule has 1 heterocycles. The molecular weight excluding hydrogens is 595 g/mol. The Hall–Kier alpha value is -6.12. The van der Waals surface area contributed by atoms with Gasteiger partial charge >= 0.3 is 0 Å². The summed E-state index contributed by atoms with van der Waals surface area (Å²) in [5.41, 5.74) is 12.6. The van der Waals surface area contributed by atoms with Gasteiger partial charge in [-0.3, -0.25) is 0 Å². The smallest absolute Gasteiger partial charge is 0.159 e. The van der Waals surface area contributed by atoms with Gasteiger partial charge in [0.15, 0.2) is 5.58 Å². The molecule has 2 heteroatoms. The molecule has 0 saturated carbocycles. The highest BCUT2D eigenvalue weighted by molar-refractivity contribution is 6.17. The van der Waals surface area contributed by atoms with Crippen LogP contribution in [0.15, 0.2) is 168 Å². The second-order valence-electron chi connectivity index (χ2n) is 13.8. The van der Waals surface area contributed by atoms with Crippen LogP contribution in [0, 0.1) is 0 Å². The molecular formula is C47H33NO. The fourth-order valence-electron chi connectivity index (χ4n) is 8.14. The lowest BCUT2D eigenvalue weighted by molar-refractivity contribution is 0.660. The molecule has 49 heavy (non-hydrogen) atoms. The highest BCUT2D eigenvalue weighted by Crippen LogP contribution is 2.51. The molecule has 0 amide bonds. The fraction of sp³-hybridized carbons (Fsp3) is 0.0638. The van der Waals surface area contributed by atoms with Crippen LogP contribution in [0.2, 0.25) is 0 Å². The molecule has 232 valence electrons. The summed E-state index contributed by atoms with van der Waals surface area (Å²) in [6, 6.07) is 59.5. The number of hydrogen-bond acceptors (Lipinski definition) is 2. The van der Waals surface area contributed by atoms with Gasteiger partial charge in [0.05, 0.1) is 5.69 Å². The summed E-state index contributed by atoms with van der Waals surface area (Å²) in [6.45, 7) is 4.69. The maximum atomic E-state index is 6.93. The third kappa shape index (κ3) is 4.20. The van der Waals surface area contributed by atoms with Crippen LogP contribution in [0.1, 0.15) is 25.0 Å². The van der Waals surface area contributed by atoms with Crippen molar-refractivity contribution in [3.05, 3.63) is 175 Å². The molecule has 1 aromatic heterocycles. The topological polar surface area (TPSA) is 16.4 Å². The first-order valence-electron chi connectivity index (χ1n) is 17.0. The second kappa shape index (κ2) is 10.4. The van der Waals surface area contributed by atoms with Crippen molar-refractivity contribution in [1.29, 1.82) is 0 Å². The van der Waals surface area contributed by atoms with Crippen molar-refractivity contribution in [3.8, 4) is 22.3 Å². The molecule has 0 aliphatic heterocycles. The molecule has 10 rings (SSSR count). The molecule has 0 spiro atoms. The number of nitrogens with zero attached hydrogens (tertiary/aromatic N) is 1. The number of furan rings is 1. The van der Waals surface area contributed by atoms with Gasteiger partial charge in [-0.1, -0.05) is 135 Å². The van der Waals surface area contributed by atoms with Gasteiger partial charge in [-0.05, 0) is 92.0 Å². The lowest BCUT2D eigenvalue weighted by atomic mass is 9.82. The van der Waals surface area contributed by atoms with Gasteiger partial charge in [-0.15, -0.1) is 0 Å². The maximum Gasteiger partial charge on any atom is 0.159 e. The van der Waals surface area contributed by atoms with Gasteiger partial charge in [0.1, 0.15) is 5.58 Å². The summed E-state index contributed by atoms with van der Waals surface area (Å²) in [6.07, 6.45) is 0. The number of rotatable bonds is 4. The summed E-state index contributed by atoms with van der Waals surface area (Å²) >= 11 is 0. The number of benzene rings is 8. The Bertz CT molecular complexity index is 2770. The molecule has 8 aromatic carbocycles. The van der Waals surface area contributed by atoms with Crippen LogP contribution >= 0.6 is 0 Å². The van der Waals surface area contributed by atoms with Crippen LogP contribution < -0.4 is 4.90 Å². The van der Waals surface area contributed by atoms with Crippen LogP contribution in [0.3, 0.4) is 0 Å². The largest absolute Gasteiger partial charge is 0.453 e. The first-order chi connectivity index (χ1) is 24.0. The van der Waals surface area contributed by atoms with Crippen LogP contribution in [-0.4, -0.2) is 0 Å². The molecule has 0 fully saturated rings. The predicted molar refractivity (Wildman–Crippen MR) is 206 cm³/mol. The summed E-state index contributed by atoms with van der Waals surface area (Å²) < 4.78 is 6.93. The zero-order valence-electron chi connectivity index (χ0n) is 27.4. The maximum absolute atomic E-state index is 6.93. The Balaban J connectivity index is 1.22. The lowest BCUT2D eigenvalue weighted by Gasteiger charge is -2.28. The van der Waals surface area contributed by atoms with Crippen molar-refractivity contribution in [2.45, 2.75) is 19.3 Å². The van der Waals surface area contributed by atoms with Gasteiger partial charge in [0.2, 0.25) is 0 Å². The number of anilines is 3. The zero-order chi connectivity index (χ0) is 32.7. The molecule has 1 aliphatic rings. The van der Waals surface area contributed by atoms with E-state index in [1.807, 2.05) is 0 Å². The average molecular weight is 628 g/mol. The first-order valence-corrected chi connectivity index (χ1v) is 17.0. The molecule has 0 radical (unpaired) electrons. The third-order valence-electron chi connectivity index (χ3n) is 10.6. The Morgan fingerprint density at radius 1 is 0.429 bits per heavy atom. The van der Waals surface area contributed by atoms with E-state index < -0.39 is 0 Å². The summed E-state index contributed by atoms with van der Waals surface area (Å²) in [5, 5.41) is 7.03. The number of para-hydroxylation sites is 1. The summed E-state index contributed by atoms with van der Waals surface area (Å²) in [4.78, 5) is 2.39. The lowest BCUT2D eigenvalue weighted by Crippen LogP contribution is -2.16. The molecule has 0 N–H and O–H groups in total. The van der Waals surface area contributed by atoms with Crippen molar-refractivity contribution in [2.75, 3.05) is 4.90 Å². The fourth-order valence-corrected chi connectivity index (χ4v) is 8.14. The molecule has 0 unspecified atom stereocenters. The van der Waals surface area contributed by atoms with Crippen molar-refractivity contribution in [2.24, 2.45) is 0 Å². The summed E-state index contributed by atoms with van der Waals surface area (Å²) in [5.74, 6) is 0. The van der Waals surface area contributed by atoms with E-state index in [1.54, 1.807) is 0 Å². The van der Waals surface area contributed by atoms with Crippen molar-refractivity contribution >= 4 is 60.5 Å². The Kier molecular flexibility index (Phi) is 5.95. The van der Waals surface area contributed by atoms with Crippen LogP contribution in [0.4, 0.5) is 17.1 Å². The number of hydrogen-bond donors (Lipinski definition) is 0. The predicted octanol–water partition coefficient (Wildman–Crippen LogP) is 13.3. The van der Waals surface area contributed by atoms with E-state index in [1.165, 1.54) is 49.5 Å². The standard InChI is InChI=1S/C47H33NO/c1-47(2)42-19-8-7-17-38(42)39-26-24-36(29-43(39)47)48(35-15-9-14-33(28-35)34-22-21-30-11-3-4-13-32(30)27-34)44-20-10-18-40-41-25-23-31-12-5-6-16-37(31)45(41)49-46(40)44/h3-29H,1-2H3. The van der Waals surface area contributed by atoms with Gasteiger partial charge in [-0.2, -0.15) is 0 Å². The quantitative estimate of drug-likeness (QED) is 0.193. The van der Waals surface area contributed by atoms with Gasteiger partial charge in [0.25, 0.3) is 0 Å². The molecule has 0 saturated heterocycles. The van der Waals surface area contributed by atoms with Crippen LogP contribution in [0.5, 0.6) is 0 Å². The van der Waals surface area contributed by atoms with E-state index in [9.17, 15) is 0 Å². The molecule has 9 aromatic rings. The Morgan fingerprint density at radius 2 is 1.10 bits per heavy atom. The SMILES string of the molecule is CC1(C)c2ccccc2-c2ccc(N(c3cccc(-c4ccc5ccccc5c4)c3)c3cccc4c3oc3c5ccccc5ccc43)cc21. The molecule has 0 atom stereocenters. The second-order valence-corrected chi connectivity index (χ2v) is 13.8. The average Bonchev–Trinajstić information content (AvgIpc) is 3.65. The van der Waals surface area contributed by atoms with Crippen molar-refractivity contribution in [1.82, 2.24) is 0 Å². The van der Waals surface area contributed by atoms with Gasteiger partial charge in [-0.25, -0.2) is 0 Å². The van der Waals surface area contributed by atoms with Crippen LogP contribution in [-0.2, 0) is 5.41 Å². The molecule has 2 nitrogen and oxygen atoms in total. The minimum Gasteiger partial charge on any atom is -0.453 e. The van der Waals surface area contributed by atoms with Crippen LogP contribution in [0.25, 0.3) is 65.7 Å². The van der Waals surface area contributed by atoms with E-state index in [4.69, 9.17) is 4.42 Å². The van der Waals surface area contributed by atoms with Crippen molar-refractivity contribution < 1.29 is 4.42 Å². The number of fused-ring (bicyclic) bond motifs is 9. The van der Waals surface area contributed by atoms with E-state index in [2.05, 4.69) is 183 Å². The minimum absolute atomic E-state index is 0.120. The first kappa shape index (κ1) is 27.9. The zero-order valence-corrected chi connectivity index (χ0v) is 27.4. The molecule has 1 aliphatic carbocycles. The van der Waals surface area contributed by atoms with E-state index in [0.29, 0.717) is 0 Å². The van der Waals surface area contributed by atoms with Gasteiger partial charge in [0, 0.05) is 32.9 Å². The highest BCUT2D eigenvalue weighted by atomic mass is 16.3. The molecule has 0 bridgehead atoms. The normalized spacial score (nSPS) is 13.3. The third-order valence-corrected chi connectivity index (χ3v) is 10.6. The van der Waals surface area contributed by atoms with Crippen molar-refractivity contribution in [3.63, 3.8) is 0 Å².